The van der Waals surface area contributed by atoms with Gasteiger partial charge < -0.3 is 15.4 Å². The molecule has 0 saturated carbocycles. The fraction of sp³-hybridized carbons (Fsp3) is 0.125. The molecule has 5 nitrogen and oxygen atoms in total. The zero-order chi connectivity index (χ0) is 16.8. The third-order valence-corrected chi connectivity index (χ3v) is 3.30. The monoisotopic (exact) mass is 336 g/mol. The summed E-state index contributed by atoms with van der Waals surface area (Å²) in [6, 6.07) is 10.2. The van der Waals surface area contributed by atoms with Gasteiger partial charge in [0.05, 0.1) is 29.9 Å². The van der Waals surface area contributed by atoms with Gasteiger partial charge in [-0.25, -0.2) is 4.39 Å². The van der Waals surface area contributed by atoms with E-state index in [1.54, 1.807) is 24.3 Å². The Morgan fingerprint density at radius 2 is 1.96 bits per heavy atom. The van der Waals surface area contributed by atoms with Crippen molar-refractivity contribution in [1.82, 2.24) is 5.32 Å². The summed E-state index contributed by atoms with van der Waals surface area (Å²) in [4.78, 5) is 23.8. The van der Waals surface area contributed by atoms with Crippen LogP contribution in [0.1, 0.15) is 10.4 Å². The second kappa shape index (κ2) is 7.60. The van der Waals surface area contributed by atoms with Gasteiger partial charge in [-0.1, -0.05) is 23.7 Å². The number of carbonyl (C=O) groups is 2. The molecule has 0 aliphatic rings. The van der Waals surface area contributed by atoms with Gasteiger partial charge in [0.15, 0.2) is 0 Å². The summed E-state index contributed by atoms with van der Waals surface area (Å²) < 4.78 is 18.1. The average Bonchev–Trinajstić information content (AvgIpc) is 2.54. The van der Waals surface area contributed by atoms with E-state index in [1.165, 1.54) is 19.2 Å². The number of benzene rings is 2. The van der Waals surface area contributed by atoms with E-state index in [2.05, 4.69) is 10.6 Å². The van der Waals surface area contributed by atoms with E-state index < -0.39 is 17.6 Å². The van der Waals surface area contributed by atoms with Gasteiger partial charge in [-0.15, -0.1) is 0 Å². The summed E-state index contributed by atoms with van der Waals surface area (Å²) in [7, 11) is 1.36. The Hall–Kier alpha value is -2.60. The number of hydrogen-bond donors (Lipinski definition) is 2. The molecule has 0 atom stereocenters. The largest absolute Gasteiger partial charge is 0.494 e. The van der Waals surface area contributed by atoms with Crippen LogP contribution in [0.2, 0.25) is 5.02 Å². The van der Waals surface area contributed by atoms with E-state index in [9.17, 15) is 14.0 Å². The summed E-state index contributed by atoms with van der Waals surface area (Å²) in [5, 5.41) is 5.29. The van der Waals surface area contributed by atoms with Crippen LogP contribution in [0, 0.1) is 5.82 Å². The molecule has 0 bridgehead atoms. The minimum atomic E-state index is -0.480. The first-order chi connectivity index (χ1) is 11.0. The highest BCUT2D eigenvalue weighted by atomic mass is 35.5. The van der Waals surface area contributed by atoms with Crippen molar-refractivity contribution in [2.45, 2.75) is 0 Å². The number of rotatable bonds is 5. The van der Waals surface area contributed by atoms with Gasteiger partial charge in [0, 0.05) is 6.07 Å². The Kier molecular flexibility index (Phi) is 5.54. The average molecular weight is 337 g/mol. The number of halogens is 2. The van der Waals surface area contributed by atoms with Crippen LogP contribution in [0.4, 0.5) is 10.1 Å². The Morgan fingerprint density at radius 1 is 1.22 bits per heavy atom. The lowest BCUT2D eigenvalue weighted by Gasteiger charge is -2.11. The van der Waals surface area contributed by atoms with Crippen LogP contribution >= 0.6 is 11.6 Å². The molecule has 0 spiro atoms. The lowest BCUT2D eigenvalue weighted by molar-refractivity contribution is -0.115. The second-order valence-electron chi connectivity index (χ2n) is 4.56. The number of anilines is 1. The van der Waals surface area contributed by atoms with Gasteiger partial charge in [0.1, 0.15) is 11.6 Å². The highest BCUT2D eigenvalue weighted by Crippen LogP contribution is 2.24. The maximum Gasteiger partial charge on any atom is 0.253 e. The lowest BCUT2D eigenvalue weighted by atomic mass is 10.2. The van der Waals surface area contributed by atoms with Crippen molar-refractivity contribution in [2.75, 3.05) is 19.0 Å². The standard InChI is InChI=1S/C16H14ClFN2O3/c1-23-14-8-10(18)6-7-13(14)20-15(21)9-19-16(22)11-4-2-3-5-12(11)17/h2-8H,9H2,1H3,(H,19,22)(H,20,21). The molecule has 0 unspecified atom stereocenters. The normalized spacial score (nSPS) is 10.0. The number of hydrogen-bond acceptors (Lipinski definition) is 3. The first kappa shape index (κ1) is 16.8. The van der Waals surface area contributed by atoms with Crippen molar-refractivity contribution in [3.63, 3.8) is 0 Å². The predicted octanol–water partition coefficient (Wildman–Crippen LogP) is 2.86. The van der Waals surface area contributed by atoms with Gasteiger partial charge in [-0.2, -0.15) is 0 Å². The van der Waals surface area contributed by atoms with Crippen molar-refractivity contribution in [3.05, 3.63) is 58.9 Å². The Labute approximate surface area is 137 Å². The number of nitrogens with one attached hydrogen (secondary N) is 2. The van der Waals surface area contributed by atoms with E-state index in [4.69, 9.17) is 16.3 Å². The van der Waals surface area contributed by atoms with E-state index in [-0.39, 0.29) is 17.9 Å². The second-order valence-corrected chi connectivity index (χ2v) is 4.96. The van der Waals surface area contributed by atoms with Crippen LogP contribution < -0.4 is 15.4 Å². The van der Waals surface area contributed by atoms with Crippen LogP contribution in [-0.2, 0) is 4.79 Å². The minimum absolute atomic E-state index is 0.191. The highest BCUT2D eigenvalue weighted by Gasteiger charge is 2.12. The van der Waals surface area contributed by atoms with Gasteiger partial charge in [0.25, 0.3) is 5.91 Å². The van der Waals surface area contributed by atoms with Gasteiger partial charge in [0.2, 0.25) is 5.91 Å². The molecule has 2 amide bonds. The first-order valence-electron chi connectivity index (χ1n) is 6.67. The Bertz CT molecular complexity index is 737. The molecular formula is C16H14ClFN2O3. The molecule has 120 valence electrons. The van der Waals surface area contributed by atoms with Crippen molar-refractivity contribution in [2.24, 2.45) is 0 Å². The first-order valence-corrected chi connectivity index (χ1v) is 7.05. The molecule has 0 aromatic heterocycles. The topological polar surface area (TPSA) is 67.4 Å². The Balaban J connectivity index is 1.96. The fourth-order valence-electron chi connectivity index (χ4n) is 1.86. The van der Waals surface area contributed by atoms with E-state index >= 15 is 0 Å². The maximum atomic E-state index is 13.1. The summed E-state index contributed by atoms with van der Waals surface area (Å²) in [6.07, 6.45) is 0. The zero-order valence-electron chi connectivity index (χ0n) is 12.2. The molecular weight excluding hydrogens is 323 g/mol. The molecule has 2 rings (SSSR count). The van der Waals surface area contributed by atoms with Crippen LogP contribution in [0.3, 0.4) is 0 Å². The third-order valence-electron chi connectivity index (χ3n) is 2.97. The molecule has 2 aromatic carbocycles. The minimum Gasteiger partial charge on any atom is -0.494 e. The molecule has 0 radical (unpaired) electrons. The third kappa shape index (κ3) is 4.43. The van der Waals surface area contributed by atoms with E-state index in [1.807, 2.05) is 0 Å². The summed E-state index contributed by atoms with van der Waals surface area (Å²) >= 11 is 5.91. The van der Waals surface area contributed by atoms with Crippen LogP contribution in [0.5, 0.6) is 5.75 Å². The number of carbonyl (C=O) groups excluding carboxylic acids is 2. The summed E-state index contributed by atoms with van der Waals surface area (Å²) in [5.74, 6) is -1.23. The fourth-order valence-corrected chi connectivity index (χ4v) is 2.09. The highest BCUT2D eigenvalue weighted by molar-refractivity contribution is 6.33. The molecule has 0 aliphatic heterocycles. The van der Waals surface area contributed by atoms with Crippen molar-refractivity contribution in [3.8, 4) is 5.75 Å². The summed E-state index contributed by atoms with van der Waals surface area (Å²) in [6.45, 7) is -0.259. The van der Waals surface area contributed by atoms with Crippen LogP contribution in [0.25, 0.3) is 0 Å². The lowest BCUT2D eigenvalue weighted by Crippen LogP contribution is -2.33. The molecule has 23 heavy (non-hydrogen) atoms. The predicted molar refractivity (Wildman–Crippen MR) is 85.4 cm³/mol. The van der Waals surface area contributed by atoms with Gasteiger partial charge in [-0.05, 0) is 24.3 Å². The number of amides is 2. The molecule has 0 saturated heterocycles. The zero-order valence-corrected chi connectivity index (χ0v) is 13.0. The van der Waals surface area contributed by atoms with E-state index in [0.29, 0.717) is 10.7 Å². The smallest absolute Gasteiger partial charge is 0.253 e. The molecule has 0 fully saturated rings. The molecule has 0 aliphatic carbocycles. The molecule has 0 heterocycles. The maximum absolute atomic E-state index is 13.1. The Morgan fingerprint density at radius 3 is 2.65 bits per heavy atom. The van der Waals surface area contributed by atoms with Crippen molar-refractivity contribution >= 4 is 29.1 Å². The number of ether oxygens (including phenoxy) is 1. The SMILES string of the molecule is COc1cc(F)ccc1NC(=O)CNC(=O)c1ccccc1Cl. The van der Waals surface area contributed by atoms with Crippen molar-refractivity contribution in [1.29, 1.82) is 0 Å². The van der Waals surface area contributed by atoms with E-state index in [0.717, 1.165) is 6.07 Å². The molecule has 2 N–H and O–H groups in total. The van der Waals surface area contributed by atoms with Gasteiger partial charge in [-0.3, -0.25) is 9.59 Å². The summed E-state index contributed by atoms with van der Waals surface area (Å²) in [5.41, 5.74) is 0.590. The van der Waals surface area contributed by atoms with Crippen LogP contribution in [0.15, 0.2) is 42.5 Å². The van der Waals surface area contributed by atoms with Crippen molar-refractivity contribution < 1.29 is 18.7 Å². The van der Waals surface area contributed by atoms with Crippen LogP contribution in [-0.4, -0.2) is 25.5 Å². The quantitative estimate of drug-likeness (QED) is 0.882. The van der Waals surface area contributed by atoms with Gasteiger partial charge >= 0.3 is 0 Å². The number of methoxy groups -OCH3 is 1. The molecule has 7 heteroatoms. The molecule has 2 aromatic rings.